The molecule has 2 aromatic rings. The highest BCUT2D eigenvalue weighted by Crippen LogP contribution is 2.33. The molecule has 0 aliphatic carbocycles. The highest BCUT2D eigenvalue weighted by Gasteiger charge is 2.22. The number of para-hydroxylation sites is 1. The number of benzene rings is 1. The lowest BCUT2D eigenvalue weighted by atomic mass is 10.2. The number of rotatable bonds is 4. The SMILES string of the molecule is N=C(N)c1ccnnc1Oc1c(F)cccc1[N+](=O)[O-]. The zero-order valence-corrected chi connectivity index (χ0v) is 9.91. The molecule has 9 heteroatoms. The molecule has 8 nitrogen and oxygen atoms in total. The topological polar surface area (TPSA) is 128 Å². The predicted molar refractivity (Wildman–Crippen MR) is 66.2 cm³/mol. The van der Waals surface area contributed by atoms with Gasteiger partial charge in [0.1, 0.15) is 5.84 Å². The van der Waals surface area contributed by atoms with Gasteiger partial charge in [-0.2, -0.15) is 5.10 Å². The van der Waals surface area contributed by atoms with Gasteiger partial charge in [0.15, 0.2) is 5.82 Å². The lowest BCUT2D eigenvalue weighted by Crippen LogP contribution is -2.13. The van der Waals surface area contributed by atoms with Crippen LogP contribution in [0.15, 0.2) is 30.5 Å². The predicted octanol–water partition coefficient (Wildman–Crippen LogP) is 1.60. The Labute approximate surface area is 111 Å². The average Bonchev–Trinajstić information content (AvgIpc) is 2.41. The third kappa shape index (κ3) is 2.51. The number of aromatic nitrogens is 2. The van der Waals surface area contributed by atoms with Gasteiger partial charge in [-0.25, -0.2) is 4.39 Å². The summed E-state index contributed by atoms with van der Waals surface area (Å²) in [6, 6.07) is 4.61. The van der Waals surface area contributed by atoms with Crippen molar-refractivity contribution in [3.8, 4) is 11.6 Å². The van der Waals surface area contributed by atoms with Crippen LogP contribution in [0.1, 0.15) is 5.56 Å². The molecule has 2 rings (SSSR count). The van der Waals surface area contributed by atoms with Crippen molar-refractivity contribution < 1.29 is 14.1 Å². The molecule has 0 saturated carbocycles. The maximum Gasteiger partial charge on any atom is 0.314 e. The highest BCUT2D eigenvalue weighted by atomic mass is 19.1. The second kappa shape index (κ2) is 5.26. The number of nitrogens with zero attached hydrogens (tertiary/aromatic N) is 3. The summed E-state index contributed by atoms with van der Waals surface area (Å²) in [5.74, 6) is -2.21. The molecule has 0 spiro atoms. The van der Waals surface area contributed by atoms with Crippen LogP contribution in [0.2, 0.25) is 0 Å². The summed E-state index contributed by atoms with van der Waals surface area (Å²) >= 11 is 0. The van der Waals surface area contributed by atoms with Gasteiger partial charge in [0.25, 0.3) is 0 Å². The fourth-order valence-electron chi connectivity index (χ4n) is 1.44. The normalized spacial score (nSPS) is 10.1. The standard InChI is InChI=1S/C11H8FN5O3/c12-7-2-1-3-8(17(18)19)9(7)20-11-6(10(13)14)4-5-15-16-11/h1-5H,(H3,13,14). The smallest absolute Gasteiger partial charge is 0.314 e. The lowest BCUT2D eigenvalue weighted by molar-refractivity contribution is -0.385. The number of amidine groups is 1. The van der Waals surface area contributed by atoms with Crippen molar-refractivity contribution in [2.45, 2.75) is 0 Å². The molecule has 0 amide bonds. The van der Waals surface area contributed by atoms with E-state index >= 15 is 0 Å². The van der Waals surface area contributed by atoms with Crippen molar-refractivity contribution in [2.24, 2.45) is 5.73 Å². The van der Waals surface area contributed by atoms with Gasteiger partial charge in [0, 0.05) is 6.07 Å². The Kier molecular flexibility index (Phi) is 3.51. The zero-order valence-electron chi connectivity index (χ0n) is 9.91. The van der Waals surface area contributed by atoms with Gasteiger partial charge in [0.2, 0.25) is 11.6 Å². The van der Waals surface area contributed by atoms with Gasteiger partial charge in [-0.1, -0.05) is 6.07 Å². The molecular weight excluding hydrogens is 269 g/mol. The molecule has 1 aromatic carbocycles. The molecule has 102 valence electrons. The molecule has 0 atom stereocenters. The minimum Gasteiger partial charge on any atom is -0.426 e. The molecule has 1 heterocycles. The highest BCUT2D eigenvalue weighted by molar-refractivity contribution is 5.97. The van der Waals surface area contributed by atoms with Crippen molar-refractivity contribution in [3.05, 3.63) is 52.0 Å². The fourth-order valence-corrected chi connectivity index (χ4v) is 1.44. The molecule has 20 heavy (non-hydrogen) atoms. The van der Waals surface area contributed by atoms with E-state index in [0.29, 0.717) is 0 Å². The van der Waals surface area contributed by atoms with E-state index < -0.39 is 22.2 Å². The monoisotopic (exact) mass is 277 g/mol. The summed E-state index contributed by atoms with van der Waals surface area (Å²) in [4.78, 5) is 10.0. The van der Waals surface area contributed by atoms with Gasteiger partial charge >= 0.3 is 5.69 Å². The molecule has 3 N–H and O–H groups in total. The number of hydrogen-bond donors (Lipinski definition) is 2. The lowest BCUT2D eigenvalue weighted by Gasteiger charge is -2.08. The van der Waals surface area contributed by atoms with Crippen molar-refractivity contribution in [3.63, 3.8) is 0 Å². The van der Waals surface area contributed by atoms with Crippen LogP contribution in [-0.4, -0.2) is 21.0 Å². The first-order valence-electron chi connectivity index (χ1n) is 5.27. The van der Waals surface area contributed by atoms with Crippen LogP contribution in [0.4, 0.5) is 10.1 Å². The quantitative estimate of drug-likeness (QED) is 0.378. The Bertz CT molecular complexity index is 692. The summed E-state index contributed by atoms with van der Waals surface area (Å²) in [6.45, 7) is 0. The minimum atomic E-state index is -0.931. The first-order valence-corrected chi connectivity index (χ1v) is 5.27. The maximum atomic E-state index is 13.7. The average molecular weight is 277 g/mol. The third-order valence-electron chi connectivity index (χ3n) is 2.32. The number of nitrogens with two attached hydrogens (primary N) is 1. The Morgan fingerprint density at radius 2 is 2.20 bits per heavy atom. The van der Waals surface area contributed by atoms with Gasteiger partial charge in [-0.3, -0.25) is 15.5 Å². The molecular formula is C11H8FN5O3. The Morgan fingerprint density at radius 1 is 1.45 bits per heavy atom. The summed E-state index contributed by atoms with van der Waals surface area (Å²) in [7, 11) is 0. The number of nitro benzene ring substituents is 1. The van der Waals surface area contributed by atoms with E-state index in [1.165, 1.54) is 18.3 Å². The second-order valence-corrected chi connectivity index (χ2v) is 3.61. The Morgan fingerprint density at radius 3 is 2.85 bits per heavy atom. The number of ether oxygens (including phenoxy) is 1. The number of nitrogens with one attached hydrogen (secondary N) is 1. The number of halogens is 1. The Hall–Kier alpha value is -3.10. The molecule has 0 aliphatic heterocycles. The third-order valence-corrected chi connectivity index (χ3v) is 2.32. The van der Waals surface area contributed by atoms with E-state index in [2.05, 4.69) is 10.2 Å². The van der Waals surface area contributed by atoms with Crippen LogP contribution >= 0.6 is 0 Å². The second-order valence-electron chi connectivity index (χ2n) is 3.61. The molecule has 1 aromatic heterocycles. The van der Waals surface area contributed by atoms with E-state index in [0.717, 1.165) is 12.1 Å². The van der Waals surface area contributed by atoms with Crippen molar-refractivity contribution in [2.75, 3.05) is 0 Å². The van der Waals surface area contributed by atoms with Gasteiger partial charge in [0.05, 0.1) is 16.7 Å². The molecule has 0 aliphatic rings. The fraction of sp³-hybridized carbons (Fsp3) is 0. The van der Waals surface area contributed by atoms with Crippen LogP contribution in [0, 0.1) is 21.3 Å². The molecule has 0 radical (unpaired) electrons. The van der Waals surface area contributed by atoms with Crippen LogP contribution < -0.4 is 10.5 Å². The van der Waals surface area contributed by atoms with E-state index in [1.54, 1.807) is 0 Å². The molecule has 0 bridgehead atoms. The number of nitro groups is 1. The Balaban J connectivity index is 2.51. The summed E-state index contributed by atoms with van der Waals surface area (Å²) in [6.07, 6.45) is 1.26. The zero-order chi connectivity index (χ0) is 14.7. The van der Waals surface area contributed by atoms with Gasteiger partial charge in [-0.05, 0) is 12.1 Å². The maximum absolute atomic E-state index is 13.7. The molecule has 0 fully saturated rings. The minimum absolute atomic E-state index is 0.0533. The first-order chi connectivity index (χ1) is 9.50. The number of hydrogen-bond acceptors (Lipinski definition) is 6. The molecule has 0 unspecified atom stereocenters. The van der Waals surface area contributed by atoms with Gasteiger partial charge < -0.3 is 10.5 Å². The van der Waals surface area contributed by atoms with Crippen molar-refractivity contribution >= 4 is 11.5 Å². The summed E-state index contributed by atoms with van der Waals surface area (Å²) in [5.41, 5.74) is 4.80. The van der Waals surface area contributed by atoms with Crippen LogP contribution in [-0.2, 0) is 0 Å². The van der Waals surface area contributed by atoms with E-state index in [4.69, 9.17) is 15.9 Å². The van der Waals surface area contributed by atoms with Crippen molar-refractivity contribution in [1.82, 2.24) is 10.2 Å². The van der Waals surface area contributed by atoms with E-state index in [1.807, 2.05) is 0 Å². The van der Waals surface area contributed by atoms with Gasteiger partial charge in [-0.15, -0.1) is 5.10 Å². The molecule has 0 saturated heterocycles. The van der Waals surface area contributed by atoms with E-state index in [9.17, 15) is 14.5 Å². The van der Waals surface area contributed by atoms with E-state index in [-0.39, 0.29) is 17.3 Å². The van der Waals surface area contributed by atoms with Crippen LogP contribution in [0.3, 0.4) is 0 Å². The first kappa shape index (κ1) is 13.3. The summed E-state index contributed by atoms with van der Waals surface area (Å²) < 4.78 is 18.7. The van der Waals surface area contributed by atoms with Crippen LogP contribution in [0.5, 0.6) is 11.6 Å². The summed E-state index contributed by atoms with van der Waals surface area (Å²) in [5, 5.41) is 25.2. The largest absolute Gasteiger partial charge is 0.426 e. The van der Waals surface area contributed by atoms with Crippen LogP contribution in [0.25, 0.3) is 0 Å². The van der Waals surface area contributed by atoms with Crippen molar-refractivity contribution in [1.29, 1.82) is 5.41 Å². The number of nitrogen functional groups attached to an aromatic ring is 1.